The average molecular weight is 391 g/mol. The molecule has 0 aliphatic carbocycles. The molecule has 0 aliphatic rings. The van der Waals surface area contributed by atoms with E-state index >= 15 is 0 Å². The quantitative estimate of drug-likeness (QED) is 0.760. The first-order valence-electron chi connectivity index (χ1n) is 7.43. The van der Waals surface area contributed by atoms with Crippen molar-refractivity contribution in [2.24, 2.45) is 5.73 Å². The normalized spacial score (nSPS) is 13.1. The minimum Gasteiger partial charge on any atom is -0.368 e. The van der Waals surface area contributed by atoms with E-state index in [1.165, 1.54) is 7.11 Å². The van der Waals surface area contributed by atoms with Gasteiger partial charge in [0.1, 0.15) is 6.04 Å². The van der Waals surface area contributed by atoms with Crippen LogP contribution in [0.5, 0.6) is 0 Å². The summed E-state index contributed by atoms with van der Waals surface area (Å²) in [5, 5.41) is 2.68. The largest absolute Gasteiger partial charge is 0.368 e. The van der Waals surface area contributed by atoms with Gasteiger partial charge in [-0.1, -0.05) is 64.5 Å². The highest BCUT2D eigenvalue weighted by Gasteiger charge is 2.25. The Morgan fingerprint density at radius 2 is 1.75 bits per heavy atom. The predicted octanol–water partition coefficient (Wildman–Crippen LogP) is 2.35. The van der Waals surface area contributed by atoms with Gasteiger partial charge in [0, 0.05) is 18.0 Å². The Hall–Kier alpha value is -2.18. The lowest BCUT2D eigenvalue weighted by molar-refractivity contribution is -0.134. The minimum atomic E-state index is -0.822. The number of amides is 2. The molecule has 5 nitrogen and oxygen atoms in total. The fourth-order valence-corrected chi connectivity index (χ4v) is 2.82. The van der Waals surface area contributed by atoms with Crippen LogP contribution in [0.2, 0.25) is 0 Å². The second-order valence-corrected chi connectivity index (χ2v) is 6.14. The maximum absolute atomic E-state index is 12.5. The van der Waals surface area contributed by atoms with E-state index in [1.807, 2.05) is 42.5 Å². The molecule has 0 saturated heterocycles. The van der Waals surface area contributed by atoms with Crippen molar-refractivity contribution in [3.8, 4) is 0 Å². The summed E-state index contributed by atoms with van der Waals surface area (Å²) in [4.78, 5) is 24.3. The molecular formula is C18H19BrN2O3. The first-order chi connectivity index (χ1) is 11.5. The van der Waals surface area contributed by atoms with Crippen molar-refractivity contribution in [2.75, 3.05) is 7.11 Å². The zero-order valence-electron chi connectivity index (χ0n) is 13.2. The van der Waals surface area contributed by atoms with Gasteiger partial charge in [-0.3, -0.25) is 9.59 Å². The molecule has 3 N–H and O–H groups in total. The number of hydrogen-bond donors (Lipinski definition) is 2. The average Bonchev–Trinajstić information content (AvgIpc) is 2.57. The van der Waals surface area contributed by atoms with Gasteiger partial charge in [-0.2, -0.15) is 0 Å². The first kappa shape index (κ1) is 18.2. The Bertz CT molecular complexity index is 706. The lowest BCUT2D eigenvalue weighted by atomic mass is 10.0. The zero-order valence-corrected chi connectivity index (χ0v) is 14.8. The molecular weight excluding hydrogens is 372 g/mol. The van der Waals surface area contributed by atoms with Crippen LogP contribution in [0.15, 0.2) is 59.1 Å². The van der Waals surface area contributed by atoms with Crippen LogP contribution in [0, 0.1) is 0 Å². The number of carbonyl (C=O) groups is 2. The van der Waals surface area contributed by atoms with Gasteiger partial charge in [0.05, 0.1) is 0 Å². The third-order valence-corrected chi connectivity index (χ3v) is 4.39. The van der Waals surface area contributed by atoms with Crippen LogP contribution in [0.4, 0.5) is 0 Å². The molecule has 2 aromatic carbocycles. The number of rotatable bonds is 7. The molecule has 2 amide bonds. The summed E-state index contributed by atoms with van der Waals surface area (Å²) >= 11 is 3.43. The van der Waals surface area contributed by atoms with E-state index < -0.39 is 24.0 Å². The van der Waals surface area contributed by atoms with Gasteiger partial charge < -0.3 is 15.8 Å². The molecule has 6 heteroatoms. The van der Waals surface area contributed by atoms with Crippen molar-refractivity contribution in [3.05, 3.63) is 70.2 Å². The molecule has 0 unspecified atom stereocenters. The lowest BCUT2D eigenvalue weighted by Crippen LogP contribution is -2.47. The van der Waals surface area contributed by atoms with Crippen LogP contribution in [-0.4, -0.2) is 25.0 Å². The van der Waals surface area contributed by atoms with Crippen LogP contribution in [-0.2, 0) is 20.7 Å². The molecule has 0 bridgehead atoms. The number of benzene rings is 2. The molecule has 0 heterocycles. The van der Waals surface area contributed by atoms with E-state index in [4.69, 9.17) is 10.5 Å². The molecule has 0 aromatic heterocycles. The summed E-state index contributed by atoms with van der Waals surface area (Å²) < 4.78 is 6.14. The molecule has 0 saturated carbocycles. The van der Waals surface area contributed by atoms with Gasteiger partial charge in [-0.25, -0.2) is 0 Å². The van der Waals surface area contributed by atoms with Crippen LogP contribution in [0.25, 0.3) is 0 Å². The number of hydrogen-bond acceptors (Lipinski definition) is 3. The summed E-state index contributed by atoms with van der Waals surface area (Å²) in [6.45, 7) is 0. The van der Waals surface area contributed by atoms with E-state index in [1.54, 1.807) is 12.1 Å². The van der Waals surface area contributed by atoms with Crippen LogP contribution in [0.1, 0.15) is 17.2 Å². The third kappa shape index (κ3) is 4.66. The Labute approximate surface area is 149 Å². The fraction of sp³-hybridized carbons (Fsp3) is 0.222. The number of halogens is 1. The smallest absolute Gasteiger partial charge is 0.254 e. The Morgan fingerprint density at radius 3 is 2.33 bits per heavy atom. The number of nitrogens with one attached hydrogen (secondary N) is 1. The summed E-state index contributed by atoms with van der Waals surface area (Å²) in [7, 11) is 1.45. The molecule has 126 valence electrons. The molecule has 0 aliphatic heterocycles. The van der Waals surface area contributed by atoms with Crippen molar-refractivity contribution in [1.29, 1.82) is 0 Å². The van der Waals surface area contributed by atoms with Crippen molar-refractivity contribution in [1.82, 2.24) is 5.32 Å². The number of carbonyl (C=O) groups excluding carboxylic acids is 2. The van der Waals surface area contributed by atoms with Crippen molar-refractivity contribution in [2.45, 2.75) is 18.6 Å². The Morgan fingerprint density at radius 1 is 1.12 bits per heavy atom. The van der Waals surface area contributed by atoms with Gasteiger partial charge in [-0.15, -0.1) is 0 Å². The molecule has 0 spiro atoms. The highest BCUT2D eigenvalue weighted by molar-refractivity contribution is 9.10. The van der Waals surface area contributed by atoms with Crippen molar-refractivity contribution >= 4 is 27.7 Å². The van der Waals surface area contributed by atoms with Crippen LogP contribution < -0.4 is 11.1 Å². The maximum atomic E-state index is 12.5. The zero-order chi connectivity index (χ0) is 17.5. The van der Waals surface area contributed by atoms with E-state index in [-0.39, 0.29) is 0 Å². The topological polar surface area (TPSA) is 81.4 Å². The predicted molar refractivity (Wildman–Crippen MR) is 95.2 cm³/mol. The maximum Gasteiger partial charge on any atom is 0.254 e. The summed E-state index contributed by atoms with van der Waals surface area (Å²) in [5.74, 6) is -0.999. The van der Waals surface area contributed by atoms with Gasteiger partial charge in [0.15, 0.2) is 6.10 Å². The number of methoxy groups -OCH3 is 1. The second-order valence-electron chi connectivity index (χ2n) is 5.29. The third-order valence-electron chi connectivity index (χ3n) is 3.62. The van der Waals surface area contributed by atoms with E-state index in [0.29, 0.717) is 12.0 Å². The Kier molecular flexibility index (Phi) is 6.52. The molecule has 2 atom stereocenters. The Balaban J connectivity index is 2.13. The monoisotopic (exact) mass is 390 g/mol. The number of ether oxygens (including phenoxy) is 1. The fourth-order valence-electron chi connectivity index (χ4n) is 2.38. The molecule has 24 heavy (non-hydrogen) atoms. The molecule has 2 rings (SSSR count). The molecule has 0 radical (unpaired) electrons. The van der Waals surface area contributed by atoms with Crippen LogP contribution in [0.3, 0.4) is 0 Å². The van der Waals surface area contributed by atoms with Crippen molar-refractivity contribution in [3.63, 3.8) is 0 Å². The highest BCUT2D eigenvalue weighted by Crippen LogP contribution is 2.19. The summed E-state index contributed by atoms with van der Waals surface area (Å²) in [5.41, 5.74) is 7.05. The van der Waals surface area contributed by atoms with E-state index in [9.17, 15) is 9.59 Å². The summed E-state index contributed by atoms with van der Waals surface area (Å²) in [6, 6.07) is 15.7. The first-order valence-corrected chi connectivity index (χ1v) is 8.23. The molecule has 2 aromatic rings. The van der Waals surface area contributed by atoms with Gasteiger partial charge >= 0.3 is 0 Å². The van der Waals surface area contributed by atoms with E-state index in [2.05, 4.69) is 21.2 Å². The highest BCUT2D eigenvalue weighted by atomic mass is 79.9. The standard InChI is InChI=1S/C18H19BrN2O3/c1-24-16(12-7-3-2-4-8-12)18(23)21-15(17(20)22)11-13-9-5-6-10-14(13)19/h2-10,15-16H,11H2,1H3,(H2,20,22)(H,21,23)/t15-,16-/m0/s1. The SMILES string of the molecule is CO[C@H](C(=O)N[C@@H](Cc1ccccc1Br)C(N)=O)c1ccccc1. The number of nitrogens with two attached hydrogens (primary N) is 1. The van der Waals surface area contributed by atoms with Crippen molar-refractivity contribution < 1.29 is 14.3 Å². The van der Waals surface area contributed by atoms with Crippen LogP contribution >= 0.6 is 15.9 Å². The lowest BCUT2D eigenvalue weighted by Gasteiger charge is -2.21. The minimum absolute atomic E-state index is 0.299. The summed E-state index contributed by atoms with van der Waals surface area (Å²) in [6.07, 6.45) is -0.500. The van der Waals surface area contributed by atoms with Gasteiger partial charge in [0.25, 0.3) is 5.91 Å². The second kappa shape index (κ2) is 8.61. The van der Waals surface area contributed by atoms with Gasteiger partial charge in [0.2, 0.25) is 5.91 Å². The van der Waals surface area contributed by atoms with E-state index in [0.717, 1.165) is 10.0 Å². The number of primary amides is 1. The van der Waals surface area contributed by atoms with Gasteiger partial charge in [-0.05, 0) is 17.2 Å². The molecule has 0 fully saturated rings.